The summed E-state index contributed by atoms with van der Waals surface area (Å²) in [6.07, 6.45) is 1.79. The summed E-state index contributed by atoms with van der Waals surface area (Å²) in [6.45, 7) is 1.59. The summed E-state index contributed by atoms with van der Waals surface area (Å²) in [5.41, 5.74) is 2.41. The van der Waals surface area contributed by atoms with Gasteiger partial charge in [0.2, 0.25) is 0 Å². The maximum Gasteiger partial charge on any atom is 0.190 e. The van der Waals surface area contributed by atoms with Crippen molar-refractivity contribution < 1.29 is 4.39 Å². The summed E-state index contributed by atoms with van der Waals surface area (Å²) in [5.74, 6) is 0.591. The minimum absolute atomic E-state index is 0. The van der Waals surface area contributed by atoms with Crippen molar-refractivity contribution in [1.29, 1.82) is 0 Å². The molecule has 23 heavy (non-hydrogen) atoms. The fourth-order valence-corrected chi connectivity index (χ4v) is 2.17. The summed E-state index contributed by atoms with van der Waals surface area (Å²) in [4.78, 5) is 4.20. The van der Waals surface area contributed by atoms with E-state index in [4.69, 9.17) is 0 Å². The van der Waals surface area contributed by atoms with Crippen LogP contribution in [0.2, 0.25) is 0 Å². The van der Waals surface area contributed by atoms with Crippen molar-refractivity contribution in [2.45, 2.75) is 12.8 Å². The lowest BCUT2D eigenvalue weighted by atomic mass is 10.1. The molecule has 0 saturated heterocycles. The van der Waals surface area contributed by atoms with E-state index in [-0.39, 0.29) is 29.8 Å². The molecule has 124 valence electrons. The van der Waals surface area contributed by atoms with E-state index >= 15 is 0 Å². The molecule has 0 saturated carbocycles. The van der Waals surface area contributed by atoms with Gasteiger partial charge in [-0.15, -0.1) is 24.0 Å². The highest BCUT2D eigenvalue weighted by molar-refractivity contribution is 14.0. The average molecular weight is 427 g/mol. The molecule has 0 atom stereocenters. The quantitative estimate of drug-likeness (QED) is 0.421. The maximum absolute atomic E-state index is 12.8. The van der Waals surface area contributed by atoms with Gasteiger partial charge in [-0.2, -0.15) is 0 Å². The highest BCUT2D eigenvalue weighted by Gasteiger charge is 1.99. The van der Waals surface area contributed by atoms with Gasteiger partial charge in [-0.1, -0.05) is 42.5 Å². The molecular weight excluding hydrogens is 404 g/mol. The first-order valence-electron chi connectivity index (χ1n) is 7.51. The number of guanidine groups is 1. The van der Waals surface area contributed by atoms with Crippen molar-refractivity contribution in [3.05, 3.63) is 71.5 Å². The van der Waals surface area contributed by atoms with Crippen LogP contribution in [0.3, 0.4) is 0 Å². The molecule has 2 aromatic rings. The molecule has 3 nitrogen and oxygen atoms in total. The molecule has 0 fully saturated rings. The Balaban J connectivity index is 0.00000264. The molecule has 0 spiro atoms. The zero-order valence-corrected chi connectivity index (χ0v) is 15.6. The minimum atomic E-state index is -0.199. The molecule has 2 N–H and O–H groups in total. The summed E-state index contributed by atoms with van der Waals surface area (Å²) in [6, 6.07) is 16.9. The van der Waals surface area contributed by atoms with Crippen LogP contribution in [-0.2, 0) is 12.8 Å². The highest BCUT2D eigenvalue weighted by atomic mass is 127. The van der Waals surface area contributed by atoms with Crippen molar-refractivity contribution in [3.63, 3.8) is 0 Å². The molecule has 0 amide bonds. The van der Waals surface area contributed by atoms with Crippen molar-refractivity contribution in [1.82, 2.24) is 10.6 Å². The molecule has 0 aliphatic carbocycles. The average Bonchev–Trinajstić information content (AvgIpc) is 2.56. The van der Waals surface area contributed by atoms with E-state index in [1.807, 2.05) is 30.3 Å². The van der Waals surface area contributed by atoms with E-state index in [0.29, 0.717) is 0 Å². The summed E-state index contributed by atoms with van der Waals surface area (Å²) >= 11 is 0. The van der Waals surface area contributed by atoms with Crippen molar-refractivity contribution in [2.24, 2.45) is 4.99 Å². The van der Waals surface area contributed by atoms with E-state index in [9.17, 15) is 4.39 Å². The Labute approximate surface area is 154 Å². The van der Waals surface area contributed by atoms with E-state index in [1.54, 1.807) is 7.05 Å². The molecule has 0 aliphatic rings. The van der Waals surface area contributed by atoms with Crippen LogP contribution in [-0.4, -0.2) is 26.1 Å². The van der Waals surface area contributed by atoms with Crippen molar-refractivity contribution in [3.8, 4) is 0 Å². The zero-order valence-electron chi connectivity index (χ0n) is 13.3. The number of hydrogen-bond donors (Lipinski definition) is 2. The number of nitrogens with one attached hydrogen (secondary N) is 2. The van der Waals surface area contributed by atoms with E-state index in [0.717, 1.165) is 37.5 Å². The van der Waals surface area contributed by atoms with Gasteiger partial charge in [0.15, 0.2) is 5.96 Å². The molecule has 5 heteroatoms. The molecule has 0 unspecified atom stereocenters. The van der Waals surface area contributed by atoms with Gasteiger partial charge in [0.25, 0.3) is 0 Å². The topological polar surface area (TPSA) is 36.4 Å². The molecule has 0 bridgehead atoms. The Morgan fingerprint density at radius 2 is 1.39 bits per heavy atom. The van der Waals surface area contributed by atoms with Gasteiger partial charge in [0, 0.05) is 20.1 Å². The number of rotatable bonds is 6. The first-order chi connectivity index (χ1) is 10.8. The molecule has 0 aromatic heterocycles. The molecule has 0 radical (unpaired) electrons. The van der Waals surface area contributed by atoms with Gasteiger partial charge in [-0.05, 0) is 36.1 Å². The van der Waals surface area contributed by atoms with Crippen LogP contribution in [0.1, 0.15) is 11.1 Å². The van der Waals surface area contributed by atoms with Gasteiger partial charge in [0.1, 0.15) is 5.82 Å². The second-order valence-corrected chi connectivity index (χ2v) is 5.04. The maximum atomic E-state index is 12.8. The first-order valence-corrected chi connectivity index (χ1v) is 7.51. The third-order valence-corrected chi connectivity index (χ3v) is 3.39. The minimum Gasteiger partial charge on any atom is -0.356 e. The fourth-order valence-electron chi connectivity index (χ4n) is 2.17. The Kier molecular flexibility index (Phi) is 9.28. The van der Waals surface area contributed by atoms with Crippen LogP contribution >= 0.6 is 24.0 Å². The number of aliphatic imine (C=N–C) groups is 1. The summed E-state index contributed by atoms with van der Waals surface area (Å²) in [5, 5.41) is 6.56. The van der Waals surface area contributed by atoms with E-state index in [2.05, 4.69) is 27.8 Å². The highest BCUT2D eigenvalue weighted by Crippen LogP contribution is 2.02. The lowest BCUT2D eigenvalue weighted by Gasteiger charge is -2.12. The van der Waals surface area contributed by atoms with Gasteiger partial charge in [0.05, 0.1) is 0 Å². The van der Waals surface area contributed by atoms with Crippen LogP contribution in [0.25, 0.3) is 0 Å². The Hall–Kier alpha value is -1.63. The predicted molar refractivity (Wildman–Crippen MR) is 105 cm³/mol. The second-order valence-electron chi connectivity index (χ2n) is 5.04. The van der Waals surface area contributed by atoms with Crippen LogP contribution in [0.5, 0.6) is 0 Å². The third kappa shape index (κ3) is 7.45. The summed E-state index contributed by atoms with van der Waals surface area (Å²) in [7, 11) is 1.76. The molecule has 2 aromatic carbocycles. The molecule has 0 heterocycles. The standard InChI is InChI=1S/C18H22FN3.HI/c1-20-18(21-13-11-15-5-3-2-4-6-15)22-14-12-16-7-9-17(19)10-8-16;/h2-10H,11-14H2,1H3,(H2,20,21,22);1H. The van der Waals surface area contributed by atoms with Gasteiger partial charge in [-0.3, -0.25) is 4.99 Å². The van der Waals surface area contributed by atoms with Gasteiger partial charge < -0.3 is 10.6 Å². The van der Waals surface area contributed by atoms with Crippen molar-refractivity contribution in [2.75, 3.05) is 20.1 Å². The number of benzene rings is 2. The molecule has 2 rings (SSSR count). The molecular formula is C18H23FIN3. The number of hydrogen-bond acceptors (Lipinski definition) is 1. The number of halogens is 2. The largest absolute Gasteiger partial charge is 0.356 e. The lowest BCUT2D eigenvalue weighted by molar-refractivity contribution is 0.626. The Morgan fingerprint density at radius 3 is 1.91 bits per heavy atom. The van der Waals surface area contributed by atoms with E-state index < -0.39 is 0 Å². The summed E-state index contributed by atoms with van der Waals surface area (Å²) < 4.78 is 12.8. The number of nitrogens with zero attached hydrogens (tertiary/aromatic N) is 1. The first kappa shape index (κ1) is 19.4. The fraction of sp³-hybridized carbons (Fsp3) is 0.278. The lowest BCUT2D eigenvalue weighted by Crippen LogP contribution is -2.39. The Morgan fingerprint density at radius 1 is 0.870 bits per heavy atom. The monoisotopic (exact) mass is 427 g/mol. The van der Waals surface area contributed by atoms with Gasteiger partial charge >= 0.3 is 0 Å². The van der Waals surface area contributed by atoms with E-state index in [1.165, 1.54) is 17.7 Å². The predicted octanol–water partition coefficient (Wildman–Crippen LogP) is 3.39. The molecule has 0 aliphatic heterocycles. The Bertz CT molecular complexity index is 585. The normalized spacial score (nSPS) is 10.8. The van der Waals surface area contributed by atoms with Crippen LogP contribution in [0.4, 0.5) is 4.39 Å². The van der Waals surface area contributed by atoms with Crippen LogP contribution in [0.15, 0.2) is 59.6 Å². The van der Waals surface area contributed by atoms with Crippen LogP contribution < -0.4 is 10.6 Å². The SMILES string of the molecule is CN=C(NCCc1ccccc1)NCCc1ccc(F)cc1.I. The van der Waals surface area contributed by atoms with Gasteiger partial charge in [-0.25, -0.2) is 4.39 Å². The smallest absolute Gasteiger partial charge is 0.190 e. The third-order valence-electron chi connectivity index (χ3n) is 3.39. The van der Waals surface area contributed by atoms with Crippen LogP contribution in [0, 0.1) is 5.82 Å². The second kappa shape index (κ2) is 11.0. The van der Waals surface area contributed by atoms with Crippen molar-refractivity contribution >= 4 is 29.9 Å². The zero-order chi connectivity index (χ0) is 15.6.